The van der Waals surface area contributed by atoms with Crippen LogP contribution in [0.4, 0.5) is 10.1 Å². The molecular weight excluding hydrogens is 191 g/mol. The van der Waals surface area contributed by atoms with E-state index in [2.05, 4.69) is 30.1 Å². The first kappa shape index (κ1) is 12.0. The van der Waals surface area contributed by atoms with Gasteiger partial charge in [0, 0.05) is 19.2 Å². The van der Waals surface area contributed by atoms with Crippen LogP contribution in [0.5, 0.6) is 0 Å². The Kier molecular flexibility index (Phi) is 5.12. The fourth-order valence-electron chi connectivity index (χ4n) is 1.43. The van der Waals surface area contributed by atoms with Crippen molar-refractivity contribution in [2.45, 2.75) is 13.8 Å². The average molecular weight is 209 g/mol. The van der Waals surface area contributed by atoms with Gasteiger partial charge in [0.2, 0.25) is 0 Å². The first-order valence-corrected chi connectivity index (χ1v) is 5.40. The van der Waals surface area contributed by atoms with Gasteiger partial charge in [0.25, 0.3) is 0 Å². The summed E-state index contributed by atoms with van der Waals surface area (Å²) in [6.45, 7) is 7.98. The lowest BCUT2D eigenvalue weighted by atomic mass is 10.3. The molecule has 1 N–H and O–H groups in total. The van der Waals surface area contributed by atoms with Crippen molar-refractivity contribution in [3.8, 4) is 0 Å². The smallest absolute Gasteiger partial charge is 0.146 e. The van der Waals surface area contributed by atoms with Gasteiger partial charge in [0.15, 0.2) is 0 Å². The van der Waals surface area contributed by atoms with E-state index in [0.717, 1.165) is 26.2 Å². The molecule has 0 aliphatic rings. The number of hydrogen-bond donors (Lipinski definition) is 1. The van der Waals surface area contributed by atoms with Crippen LogP contribution in [0.25, 0.3) is 0 Å². The fraction of sp³-hybridized carbons (Fsp3) is 0.500. The van der Waals surface area contributed by atoms with Crippen LogP contribution in [0.3, 0.4) is 0 Å². The number of nitrogens with one attached hydrogen (secondary N) is 1. The summed E-state index contributed by atoms with van der Waals surface area (Å²) >= 11 is 0. The maximum absolute atomic E-state index is 13.2. The standard InChI is InChI=1S/C12H18FN2/c1-3-15(4-2)10-9-14-12-8-6-5-7-11(12)13/h5-7,14H,3-4,9-10H2,1-2H3. The second kappa shape index (κ2) is 6.40. The van der Waals surface area contributed by atoms with Crippen molar-refractivity contribution in [3.05, 3.63) is 30.1 Å². The second-order valence-electron chi connectivity index (χ2n) is 3.35. The van der Waals surface area contributed by atoms with Gasteiger partial charge >= 0.3 is 0 Å². The van der Waals surface area contributed by atoms with E-state index in [-0.39, 0.29) is 5.82 Å². The molecule has 0 aliphatic heterocycles. The third-order valence-corrected chi connectivity index (χ3v) is 2.43. The van der Waals surface area contributed by atoms with E-state index < -0.39 is 0 Å². The molecule has 0 unspecified atom stereocenters. The van der Waals surface area contributed by atoms with E-state index in [9.17, 15) is 4.39 Å². The van der Waals surface area contributed by atoms with E-state index in [1.165, 1.54) is 6.07 Å². The van der Waals surface area contributed by atoms with Gasteiger partial charge in [-0.05, 0) is 19.2 Å². The summed E-state index contributed by atoms with van der Waals surface area (Å²) < 4.78 is 13.2. The van der Waals surface area contributed by atoms with Crippen molar-refractivity contribution in [1.29, 1.82) is 0 Å². The van der Waals surface area contributed by atoms with Crippen molar-refractivity contribution in [2.24, 2.45) is 0 Å². The van der Waals surface area contributed by atoms with Gasteiger partial charge in [0.05, 0.1) is 5.69 Å². The highest BCUT2D eigenvalue weighted by molar-refractivity contribution is 5.42. The van der Waals surface area contributed by atoms with Crippen LogP contribution in [0.2, 0.25) is 0 Å². The molecular formula is C12H18FN2. The number of anilines is 1. The Morgan fingerprint density at radius 1 is 1.40 bits per heavy atom. The SMILES string of the molecule is CCN(CC)CCNc1[c]cccc1F. The normalized spacial score (nSPS) is 10.7. The summed E-state index contributed by atoms with van der Waals surface area (Å²) in [6, 6.07) is 7.64. The predicted molar refractivity (Wildman–Crippen MR) is 61.5 cm³/mol. The van der Waals surface area contributed by atoms with Gasteiger partial charge in [0.1, 0.15) is 5.82 Å². The summed E-state index contributed by atoms with van der Waals surface area (Å²) in [4.78, 5) is 2.29. The lowest BCUT2D eigenvalue weighted by Crippen LogP contribution is -2.28. The molecule has 15 heavy (non-hydrogen) atoms. The van der Waals surface area contributed by atoms with Crippen molar-refractivity contribution >= 4 is 5.69 Å². The summed E-state index contributed by atoms with van der Waals surface area (Å²) in [5, 5.41) is 3.04. The van der Waals surface area contributed by atoms with Gasteiger partial charge in [-0.15, -0.1) is 0 Å². The molecule has 0 saturated heterocycles. The Labute approximate surface area is 91.1 Å². The zero-order chi connectivity index (χ0) is 11.1. The highest BCUT2D eigenvalue weighted by Gasteiger charge is 2.01. The number of benzene rings is 1. The fourth-order valence-corrected chi connectivity index (χ4v) is 1.43. The van der Waals surface area contributed by atoms with Crippen LogP contribution in [-0.4, -0.2) is 31.1 Å². The van der Waals surface area contributed by atoms with Crippen molar-refractivity contribution in [3.63, 3.8) is 0 Å². The van der Waals surface area contributed by atoms with E-state index in [1.54, 1.807) is 12.1 Å². The number of nitrogens with zero attached hydrogens (tertiary/aromatic N) is 1. The summed E-state index contributed by atoms with van der Waals surface area (Å²) in [6.07, 6.45) is 0. The number of hydrogen-bond acceptors (Lipinski definition) is 2. The van der Waals surface area contributed by atoms with Crippen LogP contribution < -0.4 is 5.32 Å². The lowest BCUT2D eigenvalue weighted by Gasteiger charge is -2.18. The molecule has 1 aromatic carbocycles. The Hall–Kier alpha value is -1.09. The van der Waals surface area contributed by atoms with Crippen molar-refractivity contribution in [2.75, 3.05) is 31.5 Å². The van der Waals surface area contributed by atoms with E-state index >= 15 is 0 Å². The van der Waals surface area contributed by atoms with Gasteiger partial charge in [-0.25, -0.2) is 4.39 Å². The number of para-hydroxylation sites is 1. The Morgan fingerprint density at radius 2 is 2.13 bits per heavy atom. The minimum absolute atomic E-state index is 0.239. The van der Waals surface area contributed by atoms with E-state index in [0.29, 0.717) is 5.69 Å². The lowest BCUT2D eigenvalue weighted by molar-refractivity contribution is 0.316. The van der Waals surface area contributed by atoms with Crippen LogP contribution in [0, 0.1) is 11.9 Å². The molecule has 0 amide bonds. The maximum Gasteiger partial charge on any atom is 0.146 e. The highest BCUT2D eigenvalue weighted by atomic mass is 19.1. The summed E-state index contributed by atoms with van der Waals surface area (Å²) in [5.74, 6) is -0.239. The predicted octanol–water partition coefficient (Wildman–Crippen LogP) is 2.38. The molecule has 83 valence electrons. The molecule has 1 radical (unpaired) electrons. The van der Waals surface area contributed by atoms with Crippen LogP contribution in [0.1, 0.15) is 13.8 Å². The molecule has 0 bridgehead atoms. The van der Waals surface area contributed by atoms with Gasteiger partial charge in [-0.3, -0.25) is 0 Å². The molecule has 1 aromatic rings. The molecule has 0 atom stereocenters. The first-order chi connectivity index (χ1) is 7.27. The van der Waals surface area contributed by atoms with Crippen LogP contribution in [-0.2, 0) is 0 Å². The monoisotopic (exact) mass is 209 g/mol. The molecule has 0 fully saturated rings. The summed E-state index contributed by atoms with van der Waals surface area (Å²) in [7, 11) is 0. The van der Waals surface area contributed by atoms with Crippen LogP contribution >= 0.6 is 0 Å². The largest absolute Gasteiger partial charge is 0.381 e. The van der Waals surface area contributed by atoms with Crippen molar-refractivity contribution in [1.82, 2.24) is 4.90 Å². The Balaban J connectivity index is 2.34. The molecule has 3 heteroatoms. The van der Waals surface area contributed by atoms with Gasteiger partial charge in [-0.2, -0.15) is 0 Å². The van der Waals surface area contributed by atoms with Gasteiger partial charge < -0.3 is 10.2 Å². The zero-order valence-electron chi connectivity index (χ0n) is 9.39. The highest BCUT2D eigenvalue weighted by Crippen LogP contribution is 2.10. The molecule has 1 rings (SSSR count). The molecule has 2 nitrogen and oxygen atoms in total. The minimum Gasteiger partial charge on any atom is -0.381 e. The Morgan fingerprint density at radius 3 is 2.73 bits per heavy atom. The van der Waals surface area contributed by atoms with Crippen LogP contribution in [0.15, 0.2) is 18.2 Å². The first-order valence-electron chi connectivity index (χ1n) is 5.40. The number of rotatable bonds is 6. The molecule has 0 aromatic heterocycles. The Bertz CT molecular complexity index is 285. The number of likely N-dealkylation sites (N-methyl/N-ethyl adjacent to an activating group) is 1. The van der Waals surface area contributed by atoms with Crippen molar-refractivity contribution < 1.29 is 4.39 Å². The average Bonchev–Trinajstić information content (AvgIpc) is 2.27. The quantitative estimate of drug-likeness (QED) is 0.774. The minimum atomic E-state index is -0.239. The summed E-state index contributed by atoms with van der Waals surface area (Å²) in [5.41, 5.74) is 0.463. The maximum atomic E-state index is 13.2. The molecule has 0 spiro atoms. The second-order valence-corrected chi connectivity index (χ2v) is 3.35. The zero-order valence-corrected chi connectivity index (χ0v) is 9.39. The molecule has 0 saturated carbocycles. The third-order valence-electron chi connectivity index (χ3n) is 2.43. The molecule has 0 heterocycles. The van der Waals surface area contributed by atoms with E-state index in [4.69, 9.17) is 0 Å². The van der Waals surface area contributed by atoms with E-state index in [1.807, 2.05) is 0 Å². The third kappa shape index (κ3) is 3.88. The molecule has 0 aliphatic carbocycles. The van der Waals surface area contributed by atoms with Gasteiger partial charge in [-0.1, -0.05) is 26.0 Å². The number of halogens is 1. The topological polar surface area (TPSA) is 15.3 Å².